The molecule has 0 N–H and O–H groups in total. The number of methoxy groups -OCH3 is 2. The maximum absolute atomic E-state index is 12.7. The molecule has 0 aliphatic carbocycles. The summed E-state index contributed by atoms with van der Waals surface area (Å²) in [4.78, 5) is 0. The molecule has 1 aliphatic rings. The third kappa shape index (κ3) is 5.31. The Morgan fingerprint density at radius 1 is 0.625 bits per heavy atom. The van der Waals surface area contributed by atoms with Gasteiger partial charge in [-0.1, -0.05) is 24.3 Å². The van der Waals surface area contributed by atoms with Crippen molar-refractivity contribution in [2.75, 3.05) is 14.2 Å². The Hall–Kier alpha value is -4.54. The fourth-order valence-electron chi connectivity index (χ4n) is 4.61. The first-order chi connectivity index (χ1) is 18.9. The number of halogens is 6. The number of benzene rings is 4. The van der Waals surface area contributed by atoms with E-state index in [9.17, 15) is 26.3 Å². The minimum Gasteiger partial charge on any atom is -0.497 e. The van der Waals surface area contributed by atoms with Crippen LogP contribution in [0.3, 0.4) is 0 Å². The summed E-state index contributed by atoms with van der Waals surface area (Å²) >= 11 is 0. The summed E-state index contributed by atoms with van der Waals surface area (Å²) in [6, 6.07) is 17.2. The quantitative estimate of drug-likeness (QED) is 0.223. The van der Waals surface area contributed by atoms with E-state index >= 15 is 0 Å². The Bertz CT molecular complexity index is 1500. The molecule has 1 heterocycles. The Morgan fingerprint density at radius 3 is 1.62 bits per heavy atom. The second kappa shape index (κ2) is 9.89. The van der Waals surface area contributed by atoms with Crippen LogP contribution in [0.25, 0.3) is 16.8 Å². The number of rotatable bonds is 6. The summed E-state index contributed by atoms with van der Waals surface area (Å²) in [6.45, 7) is 0. The molecule has 208 valence electrons. The average Bonchev–Trinajstić information content (AvgIpc) is 2.91. The van der Waals surface area contributed by atoms with Gasteiger partial charge in [0.2, 0.25) is 0 Å². The van der Waals surface area contributed by atoms with E-state index in [4.69, 9.17) is 14.2 Å². The van der Waals surface area contributed by atoms with Crippen molar-refractivity contribution in [1.82, 2.24) is 0 Å². The summed E-state index contributed by atoms with van der Waals surface area (Å²) < 4.78 is 102. The zero-order chi connectivity index (χ0) is 28.7. The Labute approximate surface area is 224 Å². The number of hydrogen-bond acceptors (Lipinski definition) is 5. The third-order valence-corrected chi connectivity index (χ3v) is 6.32. The highest BCUT2D eigenvalue weighted by Crippen LogP contribution is 2.47. The topological polar surface area (TPSA) is 46.2 Å². The molecule has 0 saturated carbocycles. The highest BCUT2D eigenvalue weighted by Gasteiger charge is 2.39. The van der Waals surface area contributed by atoms with Crippen LogP contribution in [0.5, 0.6) is 28.7 Å². The van der Waals surface area contributed by atoms with Gasteiger partial charge in [0, 0.05) is 28.1 Å². The van der Waals surface area contributed by atoms with Gasteiger partial charge in [-0.2, -0.15) is 0 Å². The molecule has 0 amide bonds. The molecule has 0 bridgehead atoms. The molecule has 4 aromatic carbocycles. The van der Waals surface area contributed by atoms with Crippen LogP contribution in [-0.4, -0.2) is 26.9 Å². The first-order valence-corrected chi connectivity index (χ1v) is 11.7. The van der Waals surface area contributed by atoms with E-state index in [0.717, 1.165) is 35.0 Å². The molecule has 0 spiro atoms. The van der Waals surface area contributed by atoms with Crippen LogP contribution in [0.1, 0.15) is 16.7 Å². The molecular formula is C29H20F6O5. The van der Waals surface area contributed by atoms with Gasteiger partial charge in [-0.3, -0.25) is 0 Å². The summed E-state index contributed by atoms with van der Waals surface area (Å²) in [5.74, 6) is 0.559. The van der Waals surface area contributed by atoms with Crippen LogP contribution in [0.2, 0.25) is 0 Å². The molecule has 11 heteroatoms. The molecule has 0 atom stereocenters. The van der Waals surface area contributed by atoms with Crippen LogP contribution in [-0.2, 0) is 5.60 Å². The van der Waals surface area contributed by atoms with Gasteiger partial charge in [-0.15, -0.1) is 26.3 Å². The SMILES string of the molecule is COc1ccc2c(OC)cc3c(c2c1)C=CC(c1ccc(OC(F)(F)F)cc1)(c1ccc(OC(F)(F)F)cc1)O3. The molecule has 0 saturated heterocycles. The second-order valence-corrected chi connectivity index (χ2v) is 8.72. The van der Waals surface area contributed by atoms with Crippen molar-refractivity contribution in [2.45, 2.75) is 18.3 Å². The Morgan fingerprint density at radius 2 is 1.15 bits per heavy atom. The van der Waals surface area contributed by atoms with E-state index in [-0.39, 0.29) is 0 Å². The van der Waals surface area contributed by atoms with Gasteiger partial charge < -0.3 is 23.7 Å². The van der Waals surface area contributed by atoms with E-state index in [1.165, 1.54) is 38.5 Å². The second-order valence-electron chi connectivity index (χ2n) is 8.72. The summed E-state index contributed by atoms with van der Waals surface area (Å²) in [5, 5.41) is 1.53. The molecular weight excluding hydrogens is 542 g/mol. The zero-order valence-electron chi connectivity index (χ0n) is 20.9. The van der Waals surface area contributed by atoms with Crippen molar-refractivity contribution in [2.24, 2.45) is 0 Å². The third-order valence-electron chi connectivity index (χ3n) is 6.32. The monoisotopic (exact) mass is 562 g/mol. The van der Waals surface area contributed by atoms with Crippen molar-refractivity contribution in [3.63, 3.8) is 0 Å². The van der Waals surface area contributed by atoms with Gasteiger partial charge in [0.15, 0.2) is 5.60 Å². The number of alkyl halides is 6. The van der Waals surface area contributed by atoms with Gasteiger partial charge in [0.25, 0.3) is 0 Å². The normalized spacial score (nSPS) is 14.3. The molecule has 0 aromatic heterocycles. The number of fused-ring (bicyclic) bond motifs is 3. The number of hydrogen-bond donors (Lipinski definition) is 0. The number of ether oxygens (including phenoxy) is 5. The minimum atomic E-state index is -4.88. The lowest BCUT2D eigenvalue weighted by molar-refractivity contribution is -0.275. The average molecular weight is 562 g/mol. The van der Waals surface area contributed by atoms with Crippen molar-refractivity contribution in [3.8, 4) is 28.7 Å². The van der Waals surface area contributed by atoms with Gasteiger partial charge in [0.05, 0.1) is 14.2 Å². The lowest BCUT2D eigenvalue weighted by atomic mass is 9.83. The van der Waals surface area contributed by atoms with Crippen molar-refractivity contribution in [3.05, 3.63) is 95.6 Å². The Balaban J connectivity index is 1.66. The molecule has 1 aliphatic heterocycles. The predicted molar refractivity (Wildman–Crippen MR) is 134 cm³/mol. The highest BCUT2D eigenvalue weighted by molar-refractivity contribution is 5.99. The lowest BCUT2D eigenvalue weighted by Crippen LogP contribution is -2.34. The lowest BCUT2D eigenvalue weighted by Gasteiger charge is -2.36. The summed E-state index contributed by atoms with van der Waals surface area (Å²) in [5.41, 5.74) is 0.00792. The molecule has 5 rings (SSSR count). The van der Waals surface area contributed by atoms with Crippen molar-refractivity contribution in [1.29, 1.82) is 0 Å². The van der Waals surface area contributed by atoms with E-state index < -0.39 is 29.8 Å². The maximum atomic E-state index is 12.7. The fraction of sp³-hybridized carbons (Fsp3) is 0.172. The zero-order valence-corrected chi connectivity index (χ0v) is 20.9. The molecule has 5 nitrogen and oxygen atoms in total. The molecule has 0 radical (unpaired) electrons. The summed E-state index contributed by atoms with van der Waals surface area (Å²) in [6.07, 6.45) is -6.31. The molecule has 0 unspecified atom stereocenters. The predicted octanol–water partition coefficient (Wildman–Crippen LogP) is 8.00. The molecule has 0 fully saturated rings. The molecule has 4 aromatic rings. The molecule has 40 heavy (non-hydrogen) atoms. The van der Waals surface area contributed by atoms with E-state index in [2.05, 4.69) is 9.47 Å². The van der Waals surface area contributed by atoms with Crippen LogP contribution in [0.4, 0.5) is 26.3 Å². The van der Waals surface area contributed by atoms with Gasteiger partial charge in [0.1, 0.15) is 28.7 Å². The van der Waals surface area contributed by atoms with E-state index in [1.54, 1.807) is 24.3 Å². The standard InChI is InChI=1S/C29H20F6O5/c1-36-21-11-12-22-24(15-21)23-13-14-27(40-26(23)16-25(22)37-2,17-3-7-19(8-4-17)38-28(30,31)32)18-5-9-20(10-6-18)39-29(33,34)35/h3-16H,1-2H3. The van der Waals surface area contributed by atoms with Crippen LogP contribution < -0.4 is 23.7 Å². The van der Waals surface area contributed by atoms with Gasteiger partial charge >= 0.3 is 12.7 Å². The highest BCUT2D eigenvalue weighted by atomic mass is 19.4. The first kappa shape index (κ1) is 27.0. The maximum Gasteiger partial charge on any atom is 0.573 e. The largest absolute Gasteiger partial charge is 0.573 e. The van der Waals surface area contributed by atoms with E-state index in [0.29, 0.717) is 33.9 Å². The van der Waals surface area contributed by atoms with E-state index in [1.807, 2.05) is 12.1 Å². The smallest absolute Gasteiger partial charge is 0.497 e. The first-order valence-electron chi connectivity index (χ1n) is 11.7. The van der Waals surface area contributed by atoms with Gasteiger partial charge in [-0.25, -0.2) is 0 Å². The van der Waals surface area contributed by atoms with Crippen molar-refractivity contribution >= 4 is 16.8 Å². The Kier molecular flexibility index (Phi) is 6.69. The minimum absolute atomic E-state index is 0.367. The van der Waals surface area contributed by atoms with Crippen molar-refractivity contribution < 1.29 is 50.0 Å². The summed E-state index contributed by atoms with van der Waals surface area (Å²) in [7, 11) is 3.03. The fourth-order valence-corrected chi connectivity index (χ4v) is 4.61. The van der Waals surface area contributed by atoms with Crippen LogP contribution in [0.15, 0.2) is 78.9 Å². The van der Waals surface area contributed by atoms with Gasteiger partial charge in [-0.05, 0) is 60.0 Å². The van der Waals surface area contributed by atoms with Crippen LogP contribution in [0, 0.1) is 0 Å². The van der Waals surface area contributed by atoms with Crippen LogP contribution >= 0.6 is 0 Å².